The highest BCUT2D eigenvalue weighted by molar-refractivity contribution is 5.76. The van der Waals surface area contributed by atoms with Crippen molar-refractivity contribution in [3.8, 4) is 0 Å². The van der Waals surface area contributed by atoms with Crippen molar-refractivity contribution in [2.24, 2.45) is 17.8 Å². The summed E-state index contributed by atoms with van der Waals surface area (Å²) >= 11 is 0. The second kappa shape index (κ2) is 40.2. The van der Waals surface area contributed by atoms with E-state index in [4.69, 9.17) is 5.11 Å². The Labute approximate surface area is 324 Å². The molecular formula is C43H93B3N3O. The molecule has 4 heterocycles. The van der Waals surface area contributed by atoms with Gasteiger partial charge in [-0.25, -0.2) is 0 Å². The second-order valence-electron chi connectivity index (χ2n) is 13.4. The van der Waals surface area contributed by atoms with E-state index < -0.39 is 0 Å². The zero-order chi connectivity index (χ0) is 36.0. The molecule has 0 spiro atoms. The summed E-state index contributed by atoms with van der Waals surface area (Å²) in [6, 6.07) is 4.93. The van der Waals surface area contributed by atoms with Gasteiger partial charge in [-0.05, 0) is 82.0 Å². The molecule has 0 aromatic rings. The van der Waals surface area contributed by atoms with Crippen molar-refractivity contribution in [2.75, 3.05) is 13.2 Å². The molecule has 295 valence electrons. The lowest BCUT2D eigenvalue weighted by molar-refractivity contribution is 0.249. The zero-order valence-electron chi connectivity index (χ0n) is 36.7. The minimum Gasteiger partial charge on any atom is -0.395 e. The Morgan fingerprint density at radius 2 is 0.860 bits per heavy atom. The molecule has 0 aromatic heterocycles. The van der Waals surface area contributed by atoms with Gasteiger partial charge in [-0.15, -0.1) is 0 Å². The Kier molecular flexibility index (Phi) is 47.7. The van der Waals surface area contributed by atoms with Gasteiger partial charge in [0.05, 0.1) is 6.61 Å². The van der Waals surface area contributed by atoms with Gasteiger partial charge < -0.3 is 15.7 Å². The molecule has 3 N–H and O–H groups in total. The standard InChI is InChI=1S/C11H21N.C10H19NO.C10H17N.6C2H6.3B/c1-2-10-8-9-6-4-3-5-7-11(9)12-10;12-7-9-6-8-4-2-1-3-5-10(8)11-9;1-2-4-8-6-9-7-11(9)10(8)5-3-1;6*1-2;;;/h9-12H,2-8H2,1H3;8-12H,1-7H2;8-10H,1-7H2;6*1-2H3;;;/t9-,10?,11+;8-,9?,10+;8-,9?,10+,11?;;;;;;;;;/m000........./s1. The molecule has 4 saturated heterocycles. The predicted octanol–water partition coefficient (Wildman–Crippen LogP) is 11.0. The van der Waals surface area contributed by atoms with Crippen LogP contribution >= 0.6 is 0 Å². The smallest absolute Gasteiger partial charge is 0.0584 e. The van der Waals surface area contributed by atoms with E-state index in [9.17, 15) is 0 Å². The van der Waals surface area contributed by atoms with Gasteiger partial charge in [-0.1, -0.05) is 148 Å². The highest BCUT2D eigenvalue weighted by Gasteiger charge is 2.50. The quantitative estimate of drug-likeness (QED) is 0.198. The minimum atomic E-state index is 0. The van der Waals surface area contributed by atoms with E-state index in [0.29, 0.717) is 12.6 Å². The Hall–Kier alpha value is 0.0348. The fraction of sp³-hybridized carbons (Fsp3) is 1.00. The molecule has 9 radical (unpaired) electrons. The Morgan fingerprint density at radius 3 is 1.30 bits per heavy atom. The lowest BCUT2D eigenvalue weighted by Crippen LogP contribution is -2.32. The molecule has 7 fully saturated rings. The number of piperidine rings is 1. The molecule has 7 heteroatoms. The van der Waals surface area contributed by atoms with Crippen LogP contribution in [0.1, 0.15) is 212 Å². The molecule has 10 atom stereocenters. The monoisotopic (exact) mass is 701 g/mol. The lowest BCUT2D eigenvalue weighted by Gasteiger charge is -2.19. The second-order valence-corrected chi connectivity index (χ2v) is 13.4. The van der Waals surface area contributed by atoms with Gasteiger partial charge in [0.2, 0.25) is 0 Å². The van der Waals surface area contributed by atoms with E-state index in [0.717, 1.165) is 48.0 Å². The van der Waals surface area contributed by atoms with Gasteiger partial charge in [0.15, 0.2) is 0 Å². The number of fused-ring (bicyclic) bond motifs is 5. The molecule has 3 saturated carbocycles. The number of aliphatic hydroxyl groups is 1. The SMILES string of the molecule is C1CC[C@H]2CC3CN3[C@@H]2CC1.CC.CC.CC.CC.CC.CC.CCC1C[C@@H]2CCCCC[C@H]2N1.OCC1C[C@@H]2CCCCC[C@H]2N1.[B].[B].[B]. The third kappa shape index (κ3) is 21.7. The van der Waals surface area contributed by atoms with Crippen LogP contribution in [-0.4, -0.2) is 84.6 Å². The Bertz CT molecular complexity index is 585. The number of nitrogens with zero attached hydrogens (tertiary/aromatic N) is 1. The first-order chi connectivity index (χ1) is 23.2. The molecule has 4 unspecified atom stereocenters. The molecule has 7 rings (SSSR count). The summed E-state index contributed by atoms with van der Waals surface area (Å²) in [5.74, 6) is 3.00. The van der Waals surface area contributed by atoms with Crippen LogP contribution in [0.5, 0.6) is 0 Å². The molecular weight excluding hydrogens is 607 g/mol. The summed E-state index contributed by atoms with van der Waals surface area (Å²) in [5.41, 5.74) is 0. The van der Waals surface area contributed by atoms with E-state index in [2.05, 4.69) is 22.5 Å². The maximum absolute atomic E-state index is 9.02. The molecule has 4 aliphatic heterocycles. The number of rotatable bonds is 2. The molecule has 50 heavy (non-hydrogen) atoms. The normalized spacial score (nSPS) is 33.0. The number of aliphatic hydroxyl groups excluding tert-OH is 1. The van der Waals surface area contributed by atoms with Crippen LogP contribution in [0.3, 0.4) is 0 Å². The van der Waals surface area contributed by atoms with Gasteiger partial charge in [0.1, 0.15) is 0 Å². The first-order valence-corrected chi connectivity index (χ1v) is 22.1. The van der Waals surface area contributed by atoms with Crippen LogP contribution in [0.15, 0.2) is 0 Å². The van der Waals surface area contributed by atoms with Crippen molar-refractivity contribution in [3.63, 3.8) is 0 Å². The summed E-state index contributed by atoms with van der Waals surface area (Å²) < 4.78 is 0. The number of nitrogens with one attached hydrogen (secondary N) is 2. The Balaban J connectivity index is -0.000000171. The van der Waals surface area contributed by atoms with Crippen LogP contribution in [0.25, 0.3) is 0 Å². The average molecular weight is 701 g/mol. The van der Waals surface area contributed by atoms with E-state index in [-0.39, 0.29) is 25.2 Å². The lowest BCUT2D eigenvalue weighted by atomic mass is 9.93. The van der Waals surface area contributed by atoms with Gasteiger partial charge >= 0.3 is 0 Å². The van der Waals surface area contributed by atoms with Crippen molar-refractivity contribution in [3.05, 3.63) is 0 Å². The van der Waals surface area contributed by atoms with E-state index >= 15 is 0 Å². The van der Waals surface area contributed by atoms with Gasteiger partial charge in [0, 0.05) is 68.0 Å². The van der Waals surface area contributed by atoms with Crippen molar-refractivity contribution in [2.45, 2.75) is 248 Å². The maximum atomic E-state index is 9.02. The number of hydrogen-bond acceptors (Lipinski definition) is 4. The summed E-state index contributed by atoms with van der Waals surface area (Å²) in [7, 11) is 0. The first kappa shape index (κ1) is 59.3. The fourth-order valence-electron chi connectivity index (χ4n) is 8.89. The molecule has 0 amide bonds. The van der Waals surface area contributed by atoms with Crippen LogP contribution in [-0.2, 0) is 0 Å². The fourth-order valence-corrected chi connectivity index (χ4v) is 8.89. The van der Waals surface area contributed by atoms with E-state index in [1.54, 1.807) is 6.42 Å². The third-order valence-corrected chi connectivity index (χ3v) is 11.0. The van der Waals surface area contributed by atoms with Crippen molar-refractivity contribution in [1.29, 1.82) is 0 Å². The van der Waals surface area contributed by atoms with Crippen LogP contribution < -0.4 is 10.6 Å². The van der Waals surface area contributed by atoms with Gasteiger partial charge in [-0.2, -0.15) is 0 Å². The first-order valence-electron chi connectivity index (χ1n) is 22.1. The Morgan fingerprint density at radius 1 is 0.480 bits per heavy atom. The predicted molar refractivity (Wildman–Crippen MR) is 232 cm³/mol. The molecule has 7 aliphatic rings. The van der Waals surface area contributed by atoms with Crippen molar-refractivity contribution < 1.29 is 5.11 Å². The van der Waals surface area contributed by atoms with Crippen molar-refractivity contribution >= 4 is 25.2 Å². The van der Waals surface area contributed by atoms with E-state index in [1.807, 2.05) is 83.1 Å². The van der Waals surface area contributed by atoms with Crippen LogP contribution in [0.2, 0.25) is 0 Å². The van der Waals surface area contributed by atoms with Crippen LogP contribution in [0, 0.1) is 17.8 Å². The average Bonchev–Trinajstić information content (AvgIpc) is 3.76. The summed E-state index contributed by atoms with van der Waals surface area (Å²) in [6.07, 6.45) is 27.4. The third-order valence-electron chi connectivity index (χ3n) is 11.0. The molecule has 0 bridgehead atoms. The van der Waals surface area contributed by atoms with Gasteiger partial charge in [0.25, 0.3) is 0 Å². The zero-order valence-corrected chi connectivity index (χ0v) is 36.7. The van der Waals surface area contributed by atoms with Crippen LogP contribution in [0.4, 0.5) is 0 Å². The van der Waals surface area contributed by atoms with Crippen molar-refractivity contribution in [1.82, 2.24) is 15.5 Å². The highest BCUT2D eigenvalue weighted by Crippen LogP contribution is 2.45. The summed E-state index contributed by atoms with van der Waals surface area (Å²) in [6.45, 7) is 28.1. The topological polar surface area (TPSA) is 47.3 Å². The van der Waals surface area contributed by atoms with Gasteiger partial charge in [-0.3, -0.25) is 4.90 Å². The summed E-state index contributed by atoms with van der Waals surface area (Å²) in [5, 5.41) is 16.3. The minimum absolute atomic E-state index is 0. The molecule has 0 aromatic carbocycles. The maximum Gasteiger partial charge on any atom is 0.0584 e. The largest absolute Gasteiger partial charge is 0.395 e. The number of hydrogen-bond donors (Lipinski definition) is 3. The van der Waals surface area contributed by atoms with E-state index in [1.165, 1.54) is 122 Å². The molecule has 4 nitrogen and oxygen atoms in total. The summed E-state index contributed by atoms with van der Waals surface area (Å²) in [4.78, 5) is 2.75. The molecule has 3 aliphatic carbocycles. The highest BCUT2D eigenvalue weighted by atomic mass is 16.3.